The molecule has 0 radical (unpaired) electrons. The van der Waals surface area contributed by atoms with Gasteiger partial charge in [0.25, 0.3) is 0 Å². The van der Waals surface area contributed by atoms with E-state index in [9.17, 15) is 10.2 Å². The molecule has 2 N–H and O–H groups in total. The largest absolute Gasteiger partial charge is 0.390 e. The highest BCUT2D eigenvalue weighted by atomic mass is 16.3. The zero-order chi connectivity index (χ0) is 17.4. The molecule has 4 fully saturated rings. The molecule has 24 heavy (non-hydrogen) atoms. The molecule has 0 saturated heterocycles. The van der Waals surface area contributed by atoms with Crippen LogP contribution in [0.15, 0.2) is 0 Å². The molecule has 0 amide bonds. The molecular weight excluding hydrogens is 296 g/mol. The number of terminal acetylenes is 1. The van der Waals surface area contributed by atoms with Crippen molar-refractivity contribution in [2.75, 3.05) is 0 Å². The predicted octanol–water partition coefficient (Wildman–Crippen LogP) is 4.14. The highest BCUT2D eigenvalue weighted by Gasteiger charge is 2.63. The van der Waals surface area contributed by atoms with Crippen molar-refractivity contribution in [1.82, 2.24) is 0 Å². The quantitative estimate of drug-likeness (QED) is 0.655. The Morgan fingerprint density at radius 1 is 0.875 bits per heavy atom. The molecular formula is C22H34O2. The van der Waals surface area contributed by atoms with E-state index >= 15 is 0 Å². The van der Waals surface area contributed by atoms with Gasteiger partial charge in [-0.2, -0.15) is 0 Å². The third-order valence-electron chi connectivity index (χ3n) is 9.56. The van der Waals surface area contributed by atoms with Gasteiger partial charge in [0.05, 0.1) is 5.60 Å². The Bertz CT molecular complexity index is 575. The standard InChI is InChI=1S/C22H34O2/c1-5-22(24)13-12-19(2)15(14-22)6-7-16-17(19)8-10-20(3)18(16)9-11-21(20,4)23/h1,15-18,23-24H,6-14H2,2-4H3/t15-,16-,17+,18+,19+,20+,21-,22+/m1/s1. The molecule has 134 valence electrons. The molecule has 4 saturated carbocycles. The first-order chi connectivity index (χ1) is 11.2. The monoisotopic (exact) mass is 330 g/mol. The van der Waals surface area contributed by atoms with Crippen LogP contribution in [0.25, 0.3) is 0 Å². The second kappa shape index (κ2) is 5.01. The normalized spacial score (nSPS) is 59.8. The van der Waals surface area contributed by atoms with E-state index in [4.69, 9.17) is 6.42 Å². The van der Waals surface area contributed by atoms with Crippen LogP contribution in [0.2, 0.25) is 0 Å². The van der Waals surface area contributed by atoms with Crippen molar-refractivity contribution in [1.29, 1.82) is 0 Å². The van der Waals surface area contributed by atoms with Gasteiger partial charge in [-0.3, -0.25) is 0 Å². The lowest BCUT2D eigenvalue weighted by Crippen LogP contribution is -2.57. The van der Waals surface area contributed by atoms with Crippen LogP contribution in [0, 0.1) is 46.8 Å². The van der Waals surface area contributed by atoms with Gasteiger partial charge in [-0.05, 0) is 99.2 Å². The number of hydrogen-bond donors (Lipinski definition) is 2. The summed E-state index contributed by atoms with van der Waals surface area (Å²) in [6.45, 7) is 6.92. The summed E-state index contributed by atoms with van der Waals surface area (Å²) in [4.78, 5) is 0. The van der Waals surface area contributed by atoms with Crippen molar-refractivity contribution in [3.63, 3.8) is 0 Å². The Kier molecular flexibility index (Phi) is 3.54. The van der Waals surface area contributed by atoms with Crippen molar-refractivity contribution < 1.29 is 10.2 Å². The molecule has 0 unspecified atom stereocenters. The Morgan fingerprint density at radius 2 is 1.58 bits per heavy atom. The molecule has 4 rings (SSSR count). The molecule has 0 aromatic heterocycles. The van der Waals surface area contributed by atoms with Gasteiger partial charge in [-0.25, -0.2) is 0 Å². The molecule has 0 bridgehead atoms. The average molecular weight is 331 g/mol. The van der Waals surface area contributed by atoms with E-state index in [1.54, 1.807) is 0 Å². The summed E-state index contributed by atoms with van der Waals surface area (Å²) in [6, 6.07) is 0. The minimum Gasteiger partial charge on any atom is -0.390 e. The molecule has 4 aliphatic rings. The fraction of sp³-hybridized carbons (Fsp3) is 0.909. The summed E-state index contributed by atoms with van der Waals surface area (Å²) in [5.74, 6) is 5.44. The number of aliphatic hydroxyl groups is 2. The van der Waals surface area contributed by atoms with Gasteiger partial charge < -0.3 is 10.2 Å². The van der Waals surface area contributed by atoms with E-state index in [0.29, 0.717) is 17.3 Å². The topological polar surface area (TPSA) is 40.5 Å². The zero-order valence-electron chi connectivity index (χ0n) is 15.6. The number of fused-ring (bicyclic) bond motifs is 5. The van der Waals surface area contributed by atoms with Gasteiger partial charge in [0.1, 0.15) is 5.60 Å². The highest BCUT2D eigenvalue weighted by molar-refractivity contribution is 5.17. The lowest BCUT2D eigenvalue weighted by Gasteiger charge is -2.62. The Balaban J connectivity index is 1.62. The minimum atomic E-state index is -0.864. The SMILES string of the molecule is C#C[C@]1(O)CC[C@@]2(C)[C@H](CC[C@@H]3[C@@H]2CC[C@@]2(C)[C@H]3CC[C@@]2(C)O)C1. The van der Waals surface area contributed by atoms with Crippen LogP contribution >= 0.6 is 0 Å². The second-order valence-corrected chi connectivity index (χ2v) is 10.3. The maximum absolute atomic E-state index is 11.0. The summed E-state index contributed by atoms with van der Waals surface area (Å²) < 4.78 is 0. The van der Waals surface area contributed by atoms with Crippen LogP contribution in [0.3, 0.4) is 0 Å². The average Bonchev–Trinajstić information content (AvgIpc) is 2.78. The van der Waals surface area contributed by atoms with Crippen molar-refractivity contribution >= 4 is 0 Å². The van der Waals surface area contributed by atoms with Crippen molar-refractivity contribution in [2.45, 2.75) is 89.8 Å². The van der Waals surface area contributed by atoms with Gasteiger partial charge in [0.2, 0.25) is 0 Å². The molecule has 0 spiro atoms. The smallest absolute Gasteiger partial charge is 0.125 e. The Labute approximate surface area is 147 Å². The van der Waals surface area contributed by atoms with E-state index < -0.39 is 11.2 Å². The molecule has 0 heterocycles. The predicted molar refractivity (Wildman–Crippen MR) is 96.1 cm³/mol. The van der Waals surface area contributed by atoms with E-state index in [-0.39, 0.29) is 5.41 Å². The molecule has 8 atom stereocenters. The lowest BCUT2D eigenvalue weighted by molar-refractivity contribution is -0.159. The van der Waals surface area contributed by atoms with Gasteiger partial charge >= 0.3 is 0 Å². The van der Waals surface area contributed by atoms with Crippen LogP contribution in [0.1, 0.15) is 78.6 Å². The number of hydrogen-bond acceptors (Lipinski definition) is 2. The van der Waals surface area contributed by atoms with Gasteiger partial charge in [0.15, 0.2) is 0 Å². The fourth-order valence-electron chi connectivity index (χ4n) is 7.62. The van der Waals surface area contributed by atoms with Crippen LogP contribution in [-0.2, 0) is 0 Å². The van der Waals surface area contributed by atoms with Crippen molar-refractivity contribution in [3.8, 4) is 12.3 Å². The summed E-state index contributed by atoms with van der Waals surface area (Å²) in [5.41, 5.74) is -0.915. The minimum absolute atomic E-state index is 0.103. The summed E-state index contributed by atoms with van der Waals surface area (Å²) in [6.07, 6.45) is 15.3. The molecule has 0 aliphatic heterocycles. The van der Waals surface area contributed by atoms with Crippen molar-refractivity contribution in [2.24, 2.45) is 34.5 Å². The summed E-state index contributed by atoms with van der Waals surface area (Å²) in [7, 11) is 0. The summed E-state index contributed by atoms with van der Waals surface area (Å²) >= 11 is 0. The molecule has 0 aromatic rings. The van der Waals surface area contributed by atoms with E-state index in [1.807, 2.05) is 0 Å². The molecule has 2 heteroatoms. The lowest BCUT2D eigenvalue weighted by atomic mass is 9.43. The van der Waals surface area contributed by atoms with E-state index in [1.165, 1.54) is 25.7 Å². The second-order valence-electron chi connectivity index (χ2n) is 10.3. The zero-order valence-corrected chi connectivity index (χ0v) is 15.6. The molecule has 2 nitrogen and oxygen atoms in total. The first-order valence-electron chi connectivity index (χ1n) is 10.1. The van der Waals surface area contributed by atoms with E-state index in [2.05, 4.69) is 26.7 Å². The third-order valence-corrected chi connectivity index (χ3v) is 9.56. The summed E-state index contributed by atoms with van der Waals surface area (Å²) in [5, 5.41) is 21.6. The maximum Gasteiger partial charge on any atom is 0.125 e. The Morgan fingerprint density at radius 3 is 2.29 bits per heavy atom. The van der Waals surface area contributed by atoms with Crippen LogP contribution in [0.5, 0.6) is 0 Å². The van der Waals surface area contributed by atoms with Gasteiger partial charge in [-0.15, -0.1) is 6.42 Å². The molecule has 4 aliphatic carbocycles. The van der Waals surface area contributed by atoms with Crippen LogP contribution in [-0.4, -0.2) is 21.4 Å². The van der Waals surface area contributed by atoms with Crippen molar-refractivity contribution in [3.05, 3.63) is 0 Å². The number of rotatable bonds is 0. The van der Waals surface area contributed by atoms with Crippen LogP contribution in [0.4, 0.5) is 0 Å². The fourth-order valence-corrected chi connectivity index (χ4v) is 7.62. The van der Waals surface area contributed by atoms with Gasteiger partial charge in [0, 0.05) is 0 Å². The first kappa shape index (κ1) is 16.9. The highest BCUT2D eigenvalue weighted by Crippen LogP contribution is 2.68. The van der Waals surface area contributed by atoms with Crippen LogP contribution < -0.4 is 0 Å². The van der Waals surface area contributed by atoms with Gasteiger partial charge in [-0.1, -0.05) is 19.8 Å². The maximum atomic E-state index is 11.0. The molecule has 0 aromatic carbocycles. The van der Waals surface area contributed by atoms with E-state index in [0.717, 1.165) is 43.9 Å². The third kappa shape index (κ3) is 2.04. The Hall–Kier alpha value is -0.520. The first-order valence-corrected chi connectivity index (χ1v) is 10.1.